The first-order valence-electron chi connectivity index (χ1n) is 14.9. The number of benzene rings is 3. The molecule has 196 valence electrons. The third-order valence-corrected chi connectivity index (χ3v) is 9.02. The van der Waals surface area contributed by atoms with Gasteiger partial charge < -0.3 is 0 Å². The van der Waals surface area contributed by atoms with Crippen molar-refractivity contribution >= 4 is 5.57 Å². The van der Waals surface area contributed by atoms with Gasteiger partial charge in [0.2, 0.25) is 0 Å². The van der Waals surface area contributed by atoms with Crippen LogP contribution >= 0.6 is 0 Å². The molecule has 2 unspecified atom stereocenters. The van der Waals surface area contributed by atoms with Gasteiger partial charge in [-0.3, -0.25) is 0 Å². The van der Waals surface area contributed by atoms with E-state index in [0.717, 1.165) is 19.3 Å². The van der Waals surface area contributed by atoms with Crippen molar-refractivity contribution in [3.63, 3.8) is 0 Å². The topological polar surface area (TPSA) is 0 Å². The van der Waals surface area contributed by atoms with E-state index in [9.17, 15) is 0 Å². The minimum absolute atomic E-state index is 0.171. The van der Waals surface area contributed by atoms with Gasteiger partial charge in [-0.05, 0) is 90.0 Å². The second-order valence-electron chi connectivity index (χ2n) is 11.4. The predicted octanol–water partition coefficient (Wildman–Crippen LogP) is 10.4. The molecule has 3 aromatic carbocycles. The minimum atomic E-state index is -0.171. The third-order valence-electron chi connectivity index (χ3n) is 9.02. The molecule has 39 heavy (non-hydrogen) atoms. The van der Waals surface area contributed by atoms with Gasteiger partial charge in [0.15, 0.2) is 0 Å². The second-order valence-corrected chi connectivity index (χ2v) is 11.4. The lowest BCUT2D eigenvalue weighted by atomic mass is 9.74. The Bertz CT molecular complexity index is 1480. The van der Waals surface area contributed by atoms with Gasteiger partial charge in [0.05, 0.1) is 0 Å². The van der Waals surface area contributed by atoms with Crippen LogP contribution in [0.15, 0.2) is 126 Å². The molecule has 0 aromatic heterocycles. The van der Waals surface area contributed by atoms with E-state index in [0.29, 0.717) is 5.92 Å². The van der Waals surface area contributed by atoms with Gasteiger partial charge in [0, 0.05) is 11.3 Å². The van der Waals surface area contributed by atoms with Crippen LogP contribution in [0.4, 0.5) is 0 Å². The van der Waals surface area contributed by atoms with Gasteiger partial charge >= 0.3 is 0 Å². The van der Waals surface area contributed by atoms with Crippen LogP contribution in [0.25, 0.3) is 5.57 Å². The molecule has 0 saturated heterocycles. The molecule has 0 fully saturated rings. The van der Waals surface area contributed by atoms with E-state index in [1.165, 1.54) is 64.6 Å². The van der Waals surface area contributed by atoms with Crippen LogP contribution in [-0.4, -0.2) is 0 Å². The quantitative estimate of drug-likeness (QED) is 0.265. The van der Waals surface area contributed by atoms with Crippen molar-refractivity contribution in [3.05, 3.63) is 160 Å². The van der Waals surface area contributed by atoms with Crippen LogP contribution in [0.2, 0.25) is 0 Å². The highest BCUT2D eigenvalue weighted by Gasteiger charge is 2.46. The summed E-state index contributed by atoms with van der Waals surface area (Å²) in [5.74, 6) is 0.363. The largest absolute Gasteiger partial charge is 0.0874 e. The summed E-state index contributed by atoms with van der Waals surface area (Å²) in [6.07, 6.45) is 24.6. The van der Waals surface area contributed by atoms with Crippen LogP contribution in [0.1, 0.15) is 91.7 Å². The van der Waals surface area contributed by atoms with Gasteiger partial charge in [-0.1, -0.05) is 134 Å². The van der Waals surface area contributed by atoms with E-state index in [1.807, 2.05) is 0 Å². The van der Waals surface area contributed by atoms with Crippen LogP contribution in [0, 0.1) is 0 Å². The van der Waals surface area contributed by atoms with Crippen molar-refractivity contribution in [3.8, 4) is 0 Å². The molecule has 0 amide bonds. The SMILES string of the molecule is C/C=C\C(=C/C=CC1(c2ccccc2)CC(c2ccccc2)c2c1ccc1c2C2=C(CCC=C2)C1)CCCC. The first-order chi connectivity index (χ1) is 19.2. The van der Waals surface area contributed by atoms with Crippen molar-refractivity contribution in [1.82, 2.24) is 0 Å². The highest BCUT2D eigenvalue weighted by molar-refractivity contribution is 5.87. The molecule has 0 aliphatic heterocycles. The molecule has 0 spiro atoms. The van der Waals surface area contributed by atoms with E-state index in [4.69, 9.17) is 0 Å². The van der Waals surface area contributed by atoms with E-state index >= 15 is 0 Å². The molecule has 0 radical (unpaired) electrons. The zero-order chi connectivity index (χ0) is 26.7. The number of fused-ring (bicyclic) bond motifs is 4. The Labute approximate surface area is 235 Å². The Hall–Kier alpha value is -3.64. The van der Waals surface area contributed by atoms with Gasteiger partial charge in [-0.2, -0.15) is 0 Å². The fourth-order valence-corrected chi connectivity index (χ4v) is 7.19. The molecule has 0 heteroatoms. The van der Waals surface area contributed by atoms with Gasteiger partial charge in [-0.15, -0.1) is 0 Å². The number of hydrogen-bond donors (Lipinski definition) is 0. The van der Waals surface area contributed by atoms with Crippen LogP contribution in [-0.2, 0) is 11.8 Å². The van der Waals surface area contributed by atoms with Crippen molar-refractivity contribution in [2.24, 2.45) is 0 Å². The fourth-order valence-electron chi connectivity index (χ4n) is 7.19. The molecule has 0 nitrogen and oxygen atoms in total. The van der Waals surface area contributed by atoms with Gasteiger partial charge in [0.1, 0.15) is 0 Å². The summed E-state index contributed by atoms with van der Waals surface area (Å²) in [6.45, 7) is 4.39. The number of hydrogen-bond acceptors (Lipinski definition) is 0. The Balaban J connectivity index is 1.56. The lowest BCUT2D eigenvalue weighted by Crippen LogP contribution is -2.22. The van der Waals surface area contributed by atoms with Crippen molar-refractivity contribution in [2.45, 2.75) is 70.1 Å². The lowest BCUT2D eigenvalue weighted by Gasteiger charge is -2.29. The zero-order valence-electron chi connectivity index (χ0n) is 23.5. The van der Waals surface area contributed by atoms with Crippen molar-refractivity contribution < 1.29 is 0 Å². The smallest absolute Gasteiger partial charge is 0.0397 e. The average molecular weight is 509 g/mol. The highest BCUT2D eigenvalue weighted by atomic mass is 14.5. The lowest BCUT2D eigenvalue weighted by molar-refractivity contribution is 0.596. The van der Waals surface area contributed by atoms with Crippen molar-refractivity contribution in [1.29, 1.82) is 0 Å². The van der Waals surface area contributed by atoms with Crippen molar-refractivity contribution in [2.75, 3.05) is 0 Å². The van der Waals surface area contributed by atoms with Crippen LogP contribution in [0.3, 0.4) is 0 Å². The molecule has 0 saturated carbocycles. The standard InChI is InChI=1S/C39H40/c1-3-5-16-29(15-4-2)17-14-26-39(33-21-10-7-11-22-33)28-35(30-18-8-6-9-19-30)38-36(39)25-24-32-27-31-20-12-13-23-34(31)37(32)38/h4,6-11,13-15,17-19,21-26,35H,3,5,12,16,20,27-28H2,1-2H3/b15-4-,26-14?,29-17+. The molecule has 3 aliphatic carbocycles. The minimum Gasteiger partial charge on any atom is -0.0874 e. The maximum Gasteiger partial charge on any atom is 0.0397 e. The summed E-state index contributed by atoms with van der Waals surface area (Å²) in [6, 6.07) is 27.4. The fraction of sp³-hybridized carbons (Fsp3) is 0.282. The molecule has 2 atom stereocenters. The molecule has 3 aromatic rings. The summed E-state index contributed by atoms with van der Waals surface area (Å²) < 4.78 is 0. The first-order valence-corrected chi connectivity index (χ1v) is 14.9. The van der Waals surface area contributed by atoms with Crippen LogP contribution in [0.5, 0.6) is 0 Å². The Kier molecular flexibility index (Phi) is 7.38. The van der Waals surface area contributed by atoms with E-state index in [-0.39, 0.29) is 5.41 Å². The Morgan fingerprint density at radius 3 is 2.54 bits per heavy atom. The number of rotatable bonds is 8. The van der Waals surface area contributed by atoms with E-state index in [1.54, 1.807) is 11.1 Å². The summed E-state index contributed by atoms with van der Waals surface area (Å²) in [5.41, 5.74) is 13.3. The summed E-state index contributed by atoms with van der Waals surface area (Å²) in [7, 11) is 0. The van der Waals surface area contributed by atoms with Gasteiger partial charge in [-0.25, -0.2) is 0 Å². The molecule has 0 N–H and O–H groups in total. The van der Waals surface area contributed by atoms with E-state index < -0.39 is 0 Å². The molecular formula is C39H40. The molecule has 3 aliphatic rings. The zero-order valence-corrected chi connectivity index (χ0v) is 23.5. The maximum atomic E-state index is 2.52. The second kappa shape index (κ2) is 11.2. The first kappa shape index (κ1) is 25.6. The molecule has 6 rings (SSSR count). The highest BCUT2D eigenvalue weighted by Crippen LogP contribution is 2.57. The average Bonchev–Trinajstić information content (AvgIpc) is 3.53. The summed E-state index contributed by atoms with van der Waals surface area (Å²) >= 11 is 0. The number of allylic oxidation sites excluding steroid dienone is 10. The molecule has 0 heterocycles. The summed E-state index contributed by atoms with van der Waals surface area (Å²) in [5, 5.41) is 0. The monoisotopic (exact) mass is 508 g/mol. The predicted molar refractivity (Wildman–Crippen MR) is 167 cm³/mol. The third kappa shape index (κ3) is 4.71. The molecule has 0 bridgehead atoms. The normalized spacial score (nSPS) is 22.1. The maximum absolute atomic E-state index is 2.52. The van der Waals surface area contributed by atoms with E-state index in [2.05, 4.69) is 129 Å². The Morgan fingerprint density at radius 2 is 1.77 bits per heavy atom. The summed E-state index contributed by atoms with van der Waals surface area (Å²) in [4.78, 5) is 0. The van der Waals surface area contributed by atoms with Crippen LogP contribution < -0.4 is 0 Å². The molecular weight excluding hydrogens is 468 g/mol. The van der Waals surface area contributed by atoms with Gasteiger partial charge in [0.25, 0.3) is 0 Å². The Morgan fingerprint density at radius 1 is 0.974 bits per heavy atom. The number of unbranched alkanes of at least 4 members (excludes halogenated alkanes) is 1.